The Bertz CT molecular complexity index is 307. The van der Waals surface area contributed by atoms with E-state index in [0.29, 0.717) is 0 Å². The van der Waals surface area contributed by atoms with Gasteiger partial charge in [0.15, 0.2) is 0 Å². The lowest BCUT2D eigenvalue weighted by Crippen LogP contribution is -2.10. The van der Waals surface area contributed by atoms with Gasteiger partial charge in [-0.3, -0.25) is 0 Å². The lowest BCUT2D eigenvalue weighted by atomic mass is 10.0. The highest BCUT2D eigenvalue weighted by molar-refractivity contribution is 5.19. The molecule has 2 rings (SSSR count). The van der Waals surface area contributed by atoms with E-state index in [-0.39, 0.29) is 11.9 Å². The standard InChI is InChI=1S/C12H16FN/c13-11-3-1-2-10(8-11)12(14)7-6-9-4-5-9/h1-3,8-9,12H,4-7,14H2. The van der Waals surface area contributed by atoms with Crippen LogP contribution in [0.2, 0.25) is 0 Å². The molecule has 0 saturated heterocycles. The van der Waals surface area contributed by atoms with Crippen LogP contribution in [0.4, 0.5) is 4.39 Å². The second-order valence-corrected chi connectivity index (χ2v) is 4.18. The third-order valence-electron chi connectivity index (χ3n) is 2.86. The van der Waals surface area contributed by atoms with Crippen LogP contribution in [0.1, 0.15) is 37.3 Å². The molecule has 1 saturated carbocycles. The molecule has 1 aliphatic carbocycles. The fourth-order valence-electron chi connectivity index (χ4n) is 1.73. The van der Waals surface area contributed by atoms with Gasteiger partial charge in [-0.15, -0.1) is 0 Å². The number of nitrogens with two attached hydrogens (primary N) is 1. The number of hydrogen-bond acceptors (Lipinski definition) is 1. The number of benzene rings is 1. The van der Waals surface area contributed by atoms with Crippen molar-refractivity contribution >= 4 is 0 Å². The zero-order valence-corrected chi connectivity index (χ0v) is 8.25. The SMILES string of the molecule is NC(CCC1CC1)c1cccc(F)c1. The maximum atomic E-state index is 12.9. The molecule has 0 bridgehead atoms. The summed E-state index contributed by atoms with van der Waals surface area (Å²) in [4.78, 5) is 0. The van der Waals surface area contributed by atoms with Crippen molar-refractivity contribution in [3.8, 4) is 0 Å². The van der Waals surface area contributed by atoms with Crippen LogP contribution >= 0.6 is 0 Å². The molecule has 1 fully saturated rings. The highest BCUT2D eigenvalue weighted by Crippen LogP contribution is 2.35. The molecule has 0 radical (unpaired) electrons. The molecular weight excluding hydrogens is 177 g/mol. The molecule has 0 aromatic heterocycles. The molecule has 1 atom stereocenters. The largest absolute Gasteiger partial charge is 0.324 e. The maximum Gasteiger partial charge on any atom is 0.123 e. The molecule has 1 aromatic carbocycles. The topological polar surface area (TPSA) is 26.0 Å². The van der Waals surface area contributed by atoms with E-state index in [4.69, 9.17) is 5.73 Å². The normalized spacial score (nSPS) is 18.1. The lowest BCUT2D eigenvalue weighted by Gasteiger charge is -2.11. The van der Waals surface area contributed by atoms with Crippen molar-refractivity contribution in [2.24, 2.45) is 11.7 Å². The first-order valence-electron chi connectivity index (χ1n) is 5.27. The second kappa shape index (κ2) is 4.09. The number of halogens is 1. The van der Waals surface area contributed by atoms with Gasteiger partial charge < -0.3 is 5.73 Å². The molecule has 1 unspecified atom stereocenters. The monoisotopic (exact) mass is 193 g/mol. The minimum Gasteiger partial charge on any atom is -0.324 e. The summed E-state index contributed by atoms with van der Waals surface area (Å²) in [6.45, 7) is 0. The zero-order chi connectivity index (χ0) is 9.97. The Hall–Kier alpha value is -0.890. The maximum absolute atomic E-state index is 12.9. The van der Waals surface area contributed by atoms with Crippen LogP contribution in [0.15, 0.2) is 24.3 Å². The smallest absolute Gasteiger partial charge is 0.123 e. The summed E-state index contributed by atoms with van der Waals surface area (Å²) < 4.78 is 12.9. The van der Waals surface area contributed by atoms with Gasteiger partial charge >= 0.3 is 0 Å². The van der Waals surface area contributed by atoms with Crippen LogP contribution < -0.4 is 5.73 Å². The van der Waals surface area contributed by atoms with E-state index in [2.05, 4.69) is 0 Å². The van der Waals surface area contributed by atoms with Crippen LogP contribution in [0, 0.1) is 11.7 Å². The van der Waals surface area contributed by atoms with Gasteiger partial charge in [0.25, 0.3) is 0 Å². The third kappa shape index (κ3) is 2.55. The zero-order valence-electron chi connectivity index (χ0n) is 8.25. The molecule has 2 N–H and O–H groups in total. The number of rotatable bonds is 4. The van der Waals surface area contributed by atoms with Crippen LogP contribution in [0.25, 0.3) is 0 Å². The van der Waals surface area contributed by atoms with Crippen molar-refractivity contribution in [3.63, 3.8) is 0 Å². The van der Waals surface area contributed by atoms with E-state index in [1.54, 1.807) is 6.07 Å². The van der Waals surface area contributed by atoms with E-state index in [9.17, 15) is 4.39 Å². The first-order chi connectivity index (χ1) is 6.75. The molecule has 0 amide bonds. The molecule has 0 spiro atoms. The molecule has 0 heterocycles. The van der Waals surface area contributed by atoms with E-state index in [0.717, 1.165) is 17.9 Å². The highest BCUT2D eigenvalue weighted by atomic mass is 19.1. The summed E-state index contributed by atoms with van der Waals surface area (Å²) in [5, 5.41) is 0. The first kappa shape index (κ1) is 9.66. The predicted molar refractivity (Wildman–Crippen MR) is 55.3 cm³/mol. The van der Waals surface area contributed by atoms with Crippen molar-refractivity contribution in [1.82, 2.24) is 0 Å². The third-order valence-corrected chi connectivity index (χ3v) is 2.86. The Morgan fingerprint density at radius 2 is 2.21 bits per heavy atom. The average molecular weight is 193 g/mol. The molecule has 2 heteroatoms. The van der Waals surface area contributed by atoms with Gasteiger partial charge in [-0.2, -0.15) is 0 Å². The summed E-state index contributed by atoms with van der Waals surface area (Å²) in [5.74, 6) is 0.707. The summed E-state index contributed by atoms with van der Waals surface area (Å²) in [5.41, 5.74) is 6.90. The molecule has 76 valence electrons. The lowest BCUT2D eigenvalue weighted by molar-refractivity contribution is 0.567. The Balaban J connectivity index is 1.91. The van der Waals surface area contributed by atoms with Gasteiger partial charge in [-0.25, -0.2) is 4.39 Å². The fourth-order valence-corrected chi connectivity index (χ4v) is 1.73. The average Bonchev–Trinajstić information content (AvgIpc) is 2.97. The van der Waals surface area contributed by atoms with E-state index in [1.165, 1.54) is 31.4 Å². The van der Waals surface area contributed by atoms with Crippen LogP contribution in [0.3, 0.4) is 0 Å². The quantitative estimate of drug-likeness (QED) is 0.781. The Kier molecular flexibility index (Phi) is 2.82. The summed E-state index contributed by atoms with van der Waals surface area (Å²) in [7, 11) is 0. The predicted octanol–water partition coefficient (Wildman–Crippen LogP) is 3.02. The molecule has 0 aliphatic heterocycles. The molecule has 1 nitrogen and oxygen atoms in total. The van der Waals surface area contributed by atoms with Crippen molar-refractivity contribution in [1.29, 1.82) is 0 Å². The first-order valence-corrected chi connectivity index (χ1v) is 5.27. The van der Waals surface area contributed by atoms with Crippen molar-refractivity contribution in [2.75, 3.05) is 0 Å². The van der Waals surface area contributed by atoms with Gasteiger partial charge in [0.05, 0.1) is 0 Å². The van der Waals surface area contributed by atoms with Gasteiger partial charge in [-0.05, 0) is 36.5 Å². The minimum absolute atomic E-state index is 0.00583. The molecule has 1 aromatic rings. The van der Waals surface area contributed by atoms with Gasteiger partial charge in [0.1, 0.15) is 5.82 Å². The minimum atomic E-state index is -0.190. The second-order valence-electron chi connectivity index (χ2n) is 4.18. The van der Waals surface area contributed by atoms with Crippen LogP contribution in [-0.2, 0) is 0 Å². The van der Waals surface area contributed by atoms with E-state index < -0.39 is 0 Å². The number of hydrogen-bond donors (Lipinski definition) is 1. The van der Waals surface area contributed by atoms with Gasteiger partial charge in [-0.1, -0.05) is 25.0 Å². The van der Waals surface area contributed by atoms with E-state index >= 15 is 0 Å². The van der Waals surface area contributed by atoms with E-state index in [1.807, 2.05) is 6.07 Å². The van der Waals surface area contributed by atoms with Gasteiger partial charge in [0, 0.05) is 6.04 Å². The summed E-state index contributed by atoms with van der Waals surface area (Å²) in [6.07, 6.45) is 4.89. The molecular formula is C12H16FN. The Morgan fingerprint density at radius 1 is 1.43 bits per heavy atom. The summed E-state index contributed by atoms with van der Waals surface area (Å²) in [6, 6.07) is 6.63. The van der Waals surface area contributed by atoms with Gasteiger partial charge in [0.2, 0.25) is 0 Å². The van der Waals surface area contributed by atoms with Crippen molar-refractivity contribution in [3.05, 3.63) is 35.6 Å². The highest BCUT2D eigenvalue weighted by Gasteiger charge is 2.21. The fraction of sp³-hybridized carbons (Fsp3) is 0.500. The molecule has 1 aliphatic rings. The summed E-state index contributed by atoms with van der Waals surface area (Å²) >= 11 is 0. The Morgan fingerprint density at radius 3 is 2.86 bits per heavy atom. The Labute approximate surface area is 84.1 Å². The van der Waals surface area contributed by atoms with Crippen molar-refractivity contribution in [2.45, 2.75) is 31.7 Å². The van der Waals surface area contributed by atoms with Crippen molar-refractivity contribution < 1.29 is 4.39 Å². The van der Waals surface area contributed by atoms with Crippen LogP contribution in [0.5, 0.6) is 0 Å². The van der Waals surface area contributed by atoms with Crippen LogP contribution in [-0.4, -0.2) is 0 Å². The molecule has 14 heavy (non-hydrogen) atoms.